The van der Waals surface area contributed by atoms with E-state index in [4.69, 9.17) is 9.47 Å². The van der Waals surface area contributed by atoms with E-state index in [1.807, 2.05) is 18.2 Å². The summed E-state index contributed by atoms with van der Waals surface area (Å²) in [4.78, 5) is 0.130. The van der Waals surface area contributed by atoms with E-state index in [9.17, 15) is 8.42 Å². The molecule has 1 saturated heterocycles. The first-order valence-electron chi connectivity index (χ1n) is 8.22. The van der Waals surface area contributed by atoms with E-state index >= 15 is 0 Å². The molecule has 0 aromatic heterocycles. The summed E-state index contributed by atoms with van der Waals surface area (Å²) in [5, 5.41) is 0. The molecule has 1 heterocycles. The van der Waals surface area contributed by atoms with Crippen LogP contribution < -0.4 is 9.46 Å². The molecule has 1 fully saturated rings. The van der Waals surface area contributed by atoms with Gasteiger partial charge in [0, 0.05) is 5.69 Å². The van der Waals surface area contributed by atoms with Crippen LogP contribution >= 0.6 is 0 Å². The summed E-state index contributed by atoms with van der Waals surface area (Å²) in [5.41, 5.74) is 1.42. The summed E-state index contributed by atoms with van der Waals surface area (Å²) in [6.07, 6.45) is 0.0518. The molecule has 5 nitrogen and oxygen atoms in total. The largest absolute Gasteiger partial charge is 0.489 e. The van der Waals surface area contributed by atoms with Crippen molar-refractivity contribution in [2.45, 2.75) is 37.2 Å². The van der Waals surface area contributed by atoms with Gasteiger partial charge in [0.2, 0.25) is 0 Å². The highest BCUT2D eigenvalue weighted by Gasteiger charge is 2.27. The minimum atomic E-state index is -3.75. The molecule has 2 aromatic rings. The lowest BCUT2D eigenvalue weighted by atomic mass is 9.87. The first kappa shape index (κ1) is 17.8. The van der Waals surface area contributed by atoms with Gasteiger partial charge < -0.3 is 9.47 Å². The zero-order valence-corrected chi connectivity index (χ0v) is 15.5. The van der Waals surface area contributed by atoms with Crippen LogP contribution in [0.3, 0.4) is 0 Å². The Morgan fingerprint density at radius 1 is 1.16 bits per heavy atom. The molecule has 1 atom stereocenters. The van der Waals surface area contributed by atoms with Crippen molar-refractivity contribution in [2.75, 3.05) is 17.9 Å². The number of para-hydroxylation sites is 1. The molecule has 0 saturated carbocycles. The highest BCUT2D eigenvalue weighted by molar-refractivity contribution is 7.92. The van der Waals surface area contributed by atoms with Gasteiger partial charge in [0.15, 0.2) is 0 Å². The van der Waals surface area contributed by atoms with Crippen LogP contribution in [0.5, 0.6) is 5.75 Å². The van der Waals surface area contributed by atoms with Crippen molar-refractivity contribution in [2.24, 2.45) is 0 Å². The Labute approximate surface area is 149 Å². The van der Waals surface area contributed by atoms with Crippen molar-refractivity contribution in [3.63, 3.8) is 0 Å². The van der Waals surface area contributed by atoms with E-state index in [-0.39, 0.29) is 16.4 Å². The number of hydrogen-bond donors (Lipinski definition) is 1. The Bertz CT molecular complexity index is 837. The van der Waals surface area contributed by atoms with Gasteiger partial charge in [-0.1, -0.05) is 45.0 Å². The van der Waals surface area contributed by atoms with Crippen molar-refractivity contribution < 1.29 is 17.9 Å². The molecule has 0 radical (unpaired) electrons. The minimum absolute atomic E-state index is 0.0518. The average Bonchev–Trinajstić information content (AvgIpc) is 3.36. The van der Waals surface area contributed by atoms with Gasteiger partial charge in [-0.25, -0.2) is 8.42 Å². The van der Waals surface area contributed by atoms with Crippen molar-refractivity contribution in [3.05, 3.63) is 54.1 Å². The molecule has 0 bridgehead atoms. The molecule has 6 heteroatoms. The lowest BCUT2D eigenvalue weighted by molar-refractivity contribution is 0.257. The second-order valence-corrected chi connectivity index (χ2v) is 8.80. The Morgan fingerprint density at radius 2 is 1.84 bits per heavy atom. The summed E-state index contributed by atoms with van der Waals surface area (Å²) < 4.78 is 39.2. The summed E-state index contributed by atoms with van der Waals surface area (Å²) in [7, 11) is -3.75. The average molecular weight is 361 g/mol. The fraction of sp³-hybridized carbons (Fsp3) is 0.368. The van der Waals surface area contributed by atoms with Gasteiger partial charge >= 0.3 is 0 Å². The molecule has 2 aromatic carbocycles. The summed E-state index contributed by atoms with van der Waals surface area (Å²) in [6, 6.07) is 14.1. The molecule has 0 aliphatic carbocycles. The highest BCUT2D eigenvalue weighted by Crippen LogP contribution is 2.32. The van der Waals surface area contributed by atoms with Gasteiger partial charge in [-0.2, -0.15) is 0 Å². The quantitative estimate of drug-likeness (QED) is 0.799. The van der Waals surface area contributed by atoms with Gasteiger partial charge in [-0.05, 0) is 35.2 Å². The Kier molecular flexibility index (Phi) is 4.75. The normalized spacial score (nSPS) is 17.2. The number of hydrogen-bond acceptors (Lipinski definition) is 4. The van der Waals surface area contributed by atoms with Crippen molar-refractivity contribution in [1.82, 2.24) is 0 Å². The van der Waals surface area contributed by atoms with Gasteiger partial charge in [0.1, 0.15) is 23.4 Å². The second-order valence-electron chi connectivity index (χ2n) is 7.15. The Balaban J connectivity index is 1.94. The van der Waals surface area contributed by atoms with Gasteiger partial charge in [0.25, 0.3) is 10.0 Å². The Morgan fingerprint density at radius 3 is 2.44 bits per heavy atom. The van der Waals surface area contributed by atoms with E-state index < -0.39 is 10.0 Å². The van der Waals surface area contributed by atoms with Crippen LogP contribution in [0.2, 0.25) is 0 Å². The zero-order chi connectivity index (χ0) is 18.1. The number of epoxide rings is 1. The van der Waals surface area contributed by atoms with Crippen molar-refractivity contribution in [3.8, 4) is 5.75 Å². The maximum absolute atomic E-state index is 12.8. The third kappa shape index (κ3) is 4.52. The van der Waals surface area contributed by atoms with Crippen molar-refractivity contribution in [1.29, 1.82) is 0 Å². The number of rotatable bonds is 6. The SMILES string of the molecule is CC(C)(C)c1ccc(S(=O)(=O)Nc2ccccc2)c(OCC2CO2)c1. The predicted molar refractivity (Wildman–Crippen MR) is 97.6 cm³/mol. The molecule has 0 amide bonds. The van der Waals surface area contributed by atoms with E-state index in [1.165, 1.54) is 0 Å². The third-order valence-electron chi connectivity index (χ3n) is 3.95. The van der Waals surface area contributed by atoms with E-state index in [0.717, 1.165) is 5.56 Å². The maximum Gasteiger partial charge on any atom is 0.265 e. The molecule has 25 heavy (non-hydrogen) atoms. The zero-order valence-electron chi connectivity index (χ0n) is 14.7. The molecule has 1 N–H and O–H groups in total. The Hall–Kier alpha value is -2.05. The number of sulfonamides is 1. The molecule has 0 spiro atoms. The van der Waals surface area contributed by atoms with Crippen LogP contribution in [0.25, 0.3) is 0 Å². The number of anilines is 1. The molecule has 1 unspecified atom stereocenters. The number of nitrogens with one attached hydrogen (secondary N) is 1. The minimum Gasteiger partial charge on any atom is -0.489 e. The van der Waals surface area contributed by atoms with Gasteiger partial charge in [-0.15, -0.1) is 0 Å². The van der Waals surface area contributed by atoms with Gasteiger partial charge in [0.05, 0.1) is 6.61 Å². The topological polar surface area (TPSA) is 67.9 Å². The third-order valence-corrected chi connectivity index (χ3v) is 5.37. The van der Waals surface area contributed by atoms with Crippen LogP contribution in [0.1, 0.15) is 26.3 Å². The standard InChI is InChI=1S/C19H23NO4S/c1-19(2,3)14-9-10-18(17(11-14)24-13-16-12-23-16)25(21,22)20-15-7-5-4-6-8-15/h4-11,16,20H,12-13H2,1-3H3. The van der Waals surface area contributed by atoms with E-state index in [1.54, 1.807) is 30.3 Å². The number of benzene rings is 2. The van der Waals surface area contributed by atoms with Crippen LogP contribution in [0, 0.1) is 0 Å². The summed E-state index contributed by atoms with van der Waals surface area (Å²) >= 11 is 0. The van der Waals surface area contributed by atoms with Crippen LogP contribution in [-0.4, -0.2) is 27.7 Å². The molecular weight excluding hydrogens is 338 g/mol. The van der Waals surface area contributed by atoms with E-state index in [0.29, 0.717) is 24.7 Å². The van der Waals surface area contributed by atoms with Crippen LogP contribution in [0.15, 0.2) is 53.4 Å². The van der Waals surface area contributed by atoms with Crippen LogP contribution in [-0.2, 0) is 20.2 Å². The first-order valence-corrected chi connectivity index (χ1v) is 9.71. The fourth-order valence-electron chi connectivity index (χ4n) is 2.37. The molecule has 3 rings (SSSR count). The van der Waals surface area contributed by atoms with E-state index in [2.05, 4.69) is 25.5 Å². The monoisotopic (exact) mass is 361 g/mol. The lowest BCUT2D eigenvalue weighted by Gasteiger charge is -2.21. The van der Waals surface area contributed by atoms with Crippen molar-refractivity contribution >= 4 is 15.7 Å². The van der Waals surface area contributed by atoms with Crippen LogP contribution in [0.4, 0.5) is 5.69 Å². The maximum atomic E-state index is 12.8. The lowest BCUT2D eigenvalue weighted by Crippen LogP contribution is -2.17. The second kappa shape index (κ2) is 6.69. The first-order chi connectivity index (χ1) is 11.8. The molecule has 1 aliphatic rings. The molecule has 134 valence electrons. The molecule has 1 aliphatic heterocycles. The van der Waals surface area contributed by atoms with Gasteiger partial charge in [-0.3, -0.25) is 4.72 Å². The highest BCUT2D eigenvalue weighted by atomic mass is 32.2. The number of ether oxygens (including phenoxy) is 2. The fourth-order valence-corrected chi connectivity index (χ4v) is 3.56. The summed E-state index contributed by atoms with van der Waals surface area (Å²) in [6.45, 7) is 7.23. The predicted octanol–water partition coefficient (Wildman–Crippen LogP) is 3.56. The summed E-state index contributed by atoms with van der Waals surface area (Å²) in [5.74, 6) is 0.353. The molecular formula is C19H23NO4S. The smallest absolute Gasteiger partial charge is 0.265 e.